The van der Waals surface area contributed by atoms with Crippen molar-refractivity contribution in [1.29, 1.82) is 0 Å². The van der Waals surface area contributed by atoms with E-state index in [4.69, 9.17) is 23.7 Å². The zero-order chi connectivity index (χ0) is 22.5. The van der Waals surface area contributed by atoms with E-state index in [9.17, 15) is 19.7 Å². The van der Waals surface area contributed by atoms with Crippen LogP contribution in [0.5, 0.6) is 23.0 Å². The van der Waals surface area contributed by atoms with E-state index in [1.54, 1.807) is 18.2 Å². The van der Waals surface area contributed by atoms with Gasteiger partial charge in [-0.15, -0.1) is 0 Å². The normalized spacial score (nSPS) is 12.6. The minimum atomic E-state index is -1.20. The molecule has 1 heterocycles. The first-order valence-electron chi connectivity index (χ1n) is 9.11. The van der Waals surface area contributed by atoms with E-state index in [-0.39, 0.29) is 30.4 Å². The van der Waals surface area contributed by atoms with Crippen molar-refractivity contribution in [3.05, 3.63) is 51.6 Å². The Bertz CT molecular complexity index is 1020. The number of fused-ring (bicyclic) bond motifs is 1. The van der Waals surface area contributed by atoms with Gasteiger partial charge in [0.2, 0.25) is 6.79 Å². The standard InChI is InChI=1S/C20H20N2O9/c1-11(19(23)21-9-12-4-5-15-18(6-12)30-10-29-15)31-20(24)13-7-16(27-2)17(28-3)8-14(13)22(25)26/h4-8,11H,9-10H2,1-3H3,(H,21,23). The number of ether oxygens (including phenoxy) is 5. The average Bonchev–Trinajstić information content (AvgIpc) is 3.24. The molecule has 2 aromatic rings. The molecule has 3 rings (SSSR count). The molecule has 2 aromatic carbocycles. The first kappa shape index (κ1) is 21.7. The lowest BCUT2D eigenvalue weighted by Gasteiger charge is -2.15. The lowest BCUT2D eigenvalue weighted by molar-refractivity contribution is -0.385. The van der Waals surface area contributed by atoms with Crippen molar-refractivity contribution in [1.82, 2.24) is 5.32 Å². The van der Waals surface area contributed by atoms with E-state index in [1.807, 2.05) is 0 Å². The number of nitrogens with zero attached hydrogens (tertiary/aromatic N) is 1. The van der Waals surface area contributed by atoms with Crippen LogP contribution in [0.25, 0.3) is 0 Å². The second-order valence-electron chi connectivity index (χ2n) is 6.43. The molecular weight excluding hydrogens is 412 g/mol. The van der Waals surface area contributed by atoms with E-state index in [0.29, 0.717) is 11.5 Å². The average molecular weight is 432 g/mol. The van der Waals surface area contributed by atoms with E-state index >= 15 is 0 Å². The Labute approximate surface area is 176 Å². The first-order valence-corrected chi connectivity index (χ1v) is 9.11. The third-order valence-corrected chi connectivity index (χ3v) is 4.48. The maximum atomic E-state index is 12.5. The van der Waals surface area contributed by atoms with Gasteiger partial charge in [0.1, 0.15) is 5.56 Å². The first-order chi connectivity index (χ1) is 14.8. The Kier molecular flexibility index (Phi) is 6.43. The van der Waals surface area contributed by atoms with Crippen molar-refractivity contribution in [2.24, 2.45) is 0 Å². The topological polar surface area (TPSA) is 135 Å². The Morgan fingerprint density at radius 1 is 1.13 bits per heavy atom. The van der Waals surface area contributed by atoms with Crippen LogP contribution in [0.2, 0.25) is 0 Å². The van der Waals surface area contributed by atoms with Gasteiger partial charge in [-0.3, -0.25) is 14.9 Å². The number of carbonyl (C=O) groups is 2. The number of nitrogens with one attached hydrogen (secondary N) is 1. The summed E-state index contributed by atoms with van der Waals surface area (Å²) in [5.41, 5.74) is -0.139. The smallest absolute Gasteiger partial charge is 0.346 e. The largest absolute Gasteiger partial charge is 0.493 e. The number of hydrogen-bond acceptors (Lipinski definition) is 9. The van der Waals surface area contributed by atoms with Crippen LogP contribution >= 0.6 is 0 Å². The van der Waals surface area contributed by atoms with Crippen LogP contribution in [-0.2, 0) is 16.1 Å². The fourth-order valence-electron chi connectivity index (χ4n) is 2.84. The lowest BCUT2D eigenvalue weighted by Crippen LogP contribution is -2.35. The van der Waals surface area contributed by atoms with Gasteiger partial charge in [-0.05, 0) is 24.6 Å². The molecule has 0 bridgehead atoms. The number of benzene rings is 2. The molecule has 0 spiro atoms. The fraction of sp³-hybridized carbons (Fsp3) is 0.300. The zero-order valence-corrected chi connectivity index (χ0v) is 17.0. The summed E-state index contributed by atoms with van der Waals surface area (Å²) in [6.07, 6.45) is -1.20. The Morgan fingerprint density at radius 2 is 1.81 bits per heavy atom. The summed E-state index contributed by atoms with van der Waals surface area (Å²) in [6, 6.07) is 7.41. The summed E-state index contributed by atoms with van der Waals surface area (Å²) in [5.74, 6) is -0.228. The molecule has 31 heavy (non-hydrogen) atoms. The van der Waals surface area contributed by atoms with Crippen LogP contribution in [0, 0.1) is 10.1 Å². The molecule has 0 saturated carbocycles. The van der Waals surface area contributed by atoms with Crippen LogP contribution < -0.4 is 24.3 Å². The molecule has 1 atom stereocenters. The summed E-state index contributed by atoms with van der Waals surface area (Å²) < 4.78 is 25.7. The van der Waals surface area contributed by atoms with E-state index < -0.39 is 28.6 Å². The van der Waals surface area contributed by atoms with Crippen molar-refractivity contribution >= 4 is 17.6 Å². The number of nitro groups is 1. The Morgan fingerprint density at radius 3 is 2.48 bits per heavy atom. The fourth-order valence-corrected chi connectivity index (χ4v) is 2.84. The van der Waals surface area contributed by atoms with Crippen molar-refractivity contribution < 1.29 is 38.2 Å². The summed E-state index contributed by atoms with van der Waals surface area (Å²) in [7, 11) is 2.64. The molecule has 1 amide bonds. The van der Waals surface area contributed by atoms with Gasteiger partial charge < -0.3 is 29.0 Å². The molecule has 1 unspecified atom stereocenters. The monoisotopic (exact) mass is 432 g/mol. The number of rotatable bonds is 8. The summed E-state index contributed by atoms with van der Waals surface area (Å²) >= 11 is 0. The minimum Gasteiger partial charge on any atom is -0.493 e. The molecule has 0 radical (unpaired) electrons. The van der Waals surface area contributed by atoms with Gasteiger partial charge >= 0.3 is 5.97 Å². The number of nitro benzene ring substituents is 1. The second kappa shape index (κ2) is 9.20. The van der Waals surface area contributed by atoms with Crippen LogP contribution in [0.1, 0.15) is 22.8 Å². The SMILES string of the molecule is COc1cc(C(=O)OC(C)C(=O)NCc2ccc3c(c2)OCO3)c([N+](=O)[O-])cc1OC. The molecule has 1 aliphatic rings. The maximum absolute atomic E-state index is 12.5. The number of hydrogen-bond donors (Lipinski definition) is 1. The van der Waals surface area contributed by atoms with E-state index in [2.05, 4.69) is 5.32 Å². The van der Waals surface area contributed by atoms with Crippen molar-refractivity contribution in [3.63, 3.8) is 0 Å². The number of carbonyl (C=O) groups excluding carboxylic acids is 2. The zero-order valence-electron chi connectivity index (χ0n) is 17.0. The quantitative estimate of drug-likeness (QED) is 0.378. The third kappa shape index (κ3) is 4.77. The molecule has 164 valence electrons. The molecule has 0 saturated heterocycles. The van der Waals surface area contributed by atoms with E-state index in [1.165, 1.54) is 21.1 Å². The minimum absolute atomic E-state index is 0.0836. The number of amides is 1. The third-order valence-electron chi connectivity index (χ3n) is 4.48. The van der Waals surface area contributed by atoms with Gasteiger partial charge in [0, 0.05) is 12.6 Å². The molecule has 1 N–H and O–H groups in total. The highest BCUT2D eigenvalue weighted by atomic mass is 16.7. The van der Waals surface area contributed by atoms with Crippen molar-refractivity contribution in [3.8, 4) is 23.0 Å². The van der Waals surface area contributed by atoms with Gasteiger partial charge in [-0.1, -0.05) is 6.07 Å². The summed E-state index contributed by atoms with van der Waals surface area (Å²) in [5, 5.41) is 14.0. The van der Waals surface area contributed by atoms with Crippen molar-refractivity contribution in [2.45, 2.75) is 19.6 Å². The molecule has 0 aromatic heterocycles. The lowest BCUT2D eigenvalue weighted by atomic mass is 10.1. The van der Waals surface area contributed by atoms with Crippen LogP contribution in [0.4, 0.5) is 5.69 Å². The van der Waals surface area contributed by atoms with Gasteiger partial charge in [0.15, 0.2) is 29.1 Å². The molecule has 11 heteroatoms. The number of methoxy groups -OCH3 is 2. The van der Waals surface area contributed by atoms with Gasteiger partial charge in [-0.25, -0.2) is 4.79 Å². The molecular formula is C20H20N2O9. The molecule has 0 fully saturated rings. The van der Waals surface area contributed by atoms with Gasteiger partial charge in [0.25, 0.3) is 11.6 Å². The van der Waals surface area contributed by atoms with Crippen LogP contribution in [0.3, 0.4) is 0 Å². The van der Waals surface area contributed by atoms with Crippen LogP contribution in [-0.4, -0.2) is 43.9 Å². The van der Waals surface area contributed by atoms with E-state index in [0.717, 1.165) is 17.7 Å². The summed E-state index contributed by atoms with van der Waals surface area (Å²) in [6.45, 7) is 1.66. The predicted molar refractivity (Wildman–Crippen MR) is 105 cm³/mol. The van der Waals surface area contributed by atoms with Gasteiger partial charge in [0.05, 0.1) is 25.2 Å². The Hall–Kier alpha value is -4.02. The van der Waals surface area contributed by atoms with Crippen molar-refractivity contribution in [2.75, 3.05) is 21.0 Å². The Balaban J connectivity index is 1.66. The summed E-state index contributed by atoms with van der Waals surface area (Å²) in [4.78, 5) is 35.5. The highest BCUT2D eigenvalue weighted by Crippen LogP contribution is 2.35. The molecule has 11 nitrogen and oxygen atoms in total. The predicted octanol–water partition coefficient (Wildman–Crippen LogP) is 2.20. The number of esters is 1. The highest BCUT2D eigenvalue weighted by Gasteiger charge is 2.28. The molecule has 1 aliphatic heterocycles. The second-order valence-corrected chi connectivity index (χ2v) is 6.43. The van der Waals surface area contributed by atoms with Crippen LogP contribution in [0.15, 0.2) is 30.3 Å². The molecule has 0 aliphatic carbocycles. The van der Waals surface area contributed by atoms with Gasteiger partial charge in [-0.2, -0.15) is 0 Å². The maximum Gasteiger partial charge on any atom is 0.346 e. The highest BCUT2D eigenvalue weighted by molar-refractivity contribution is 5.96.